The van der Waals surface area contributed by atoms with Gasteiger partial charge in [0.25, 0.3) is 15.9 Å². The van der Waals surface area contributed by atoms with Gasteiger partial charge in [-0.25, -0.2) is 8.42 Å². The minimum absolute atomic E-state index is 0.0559. The maximum Gasteiger partial charge on any atom is 0.258 e. The van der Waals surface area contributed by atoms with Crippen molar-refractivity contribution in [1.29, 1.82) is 0 Å². The van der Waals surface area contributed by atoms with Crippen molar-refractivity contribution in [2.24, 2.45) is 10.3 Å². The Balaban J connectivity index is 1.38. The summed E-state index contributed by atoms with van der Waals surface area (Å²) in [6.07, 6.45) is 12.1. The number of sulfonamides is 1. The molecule has 0 atom stereocenters. The Kier molecular flexibility index (Phi) is 4.86. The van der Waals surface area contributed by atoms with E-state index in [-0.39, 0.29) is 18.2 Å². The molecule has 1 aromatic heterocycles. The first-order valence-corrected chi connectivity index (χ1v) is 10.9. The highest BCUT2D eigenvalue weighted by molar-refractivity contribution is 7.90. The van der Waals surface area contributed by atoms with Crippen molar-refractivity contribution in [3.8, 4) is 0 Å². The molecule has 0 bridgehead atoms. The zero-order chi connectivity index (χ0) is 18.9. The standard InChI is InChI=1S/C18H23N5O3S/c24-18(14-6-7-17-22-27(25,26)9-8-23(17)12-14)19-16-11-15(20-21-16)10-13-4-2-1-3-5-13/h6-7,11-13H,1-5,8-10H2,(H2,19,20,21,24). The van der Waals surface area contributed by atoms with Crippen LogP contribution in [-0.4, -0.2) is 47.6 Å². The SMILES string of the molecule is O=C(Nc1cc(CC2CCCCC2)[nH]n1)C1=CN2CCS(=O)(=O)N=C2C=C1. The van der Waals surface area contributed by atoms with Gasteiger partial charge in [0.05, 0.1) is 11.3 Å². The number of anilines is 1. The minimum Gasteiger partial charge on any atom is -0.330 e. The summed E-state index contributed by atoms with van der Waals surface area (Å²) < 4.78 is 26.8. The second-order valence-corrected chi connectivity index (χ2v) is 9.04. The number of nitrogens with one attached hydrogen (secondary N) is 2. The number of hydrogen-bond donors (Lipinski definition) is 2. The molecular weight excluding hydrogens is 366 g/mol. The van der Waals surface area contributed by atoms with Gasteiger partial charge >= 0.3 is 0 Å². The van der Waals surface area contributed by atoms with Crippen molar-refractivity contribution in [3.63, 3.8) is 0 Å². The highest BCUT2D eigenvalue weighted by Crippen LogP contribution is 2.27. The number of nitrogens with zero attached hydrogens (tertiary/aromatic N) is 3. The van der Waals surface area contributed by atoms with Crippen LogP contribution in [-0.2, 0) is 21.2 Å². The zero-order valence-corrected chi connectivity index (χ0v) is 15.8. The van der Waals surface area contributed by atoms with Crippen LogP contribution in [0, 0.1) is 5.92 Å². The van der Waals surface area contributed by atoms with Crippen LogP contribution < -0.4 is 5.32 Å². The highest BCUT2D eigenvalue weighted by Gasteiger charge is 2.25. The fourth-order valence-electron chi connectivity index (χ4n) is 3.76. The smallest absolute Gasteiger partial charge is 0.258 e. The average Bonchev–Trinajstić information content (AvgIpc) is 3.08. The molecule has 2 N–H and O–H groups in total. The van der Waals surface area contributed by atoms with Gasteiger partial charge in [-0.3, -0.25) is 9.89 Å². The van der Waals surface area contributed by atoms with Gasteiger partial charge in [0.2, 0.25) is 0 Å². The van der Waals surface area contributed by atoms with E-state index in [0.717, 1.165) is 12.1 Å². The molecule has 2 aliphatic heterocycles. The Hall–Kier alpha value is -2.42. The van der Waals surface area contributed by atoms with E-state index in [0.29, 0.717) is 23.1 Å². The molecule has 0 radical (unpaired) electrons. The molecule has 3 heterocycles. The predicted molar refractivity (Wildman–Crippen MR) is 103 cm³/mol. The van der Waals surface area contributed by atoms with Gasteiger partial charge in [-0.2, -0.15) is 5.10 Å². The maximum atomic E-state index is 12.5. The van der Waals surface area contributed by atoms with Gasteiger partial charge < -0.3 is 10.2 Å². The van der Waals surface area contributed by atoms with Crippen molar-refractivity contribution in [2.75, 3.05) is 17.6 Å². The average molecular weight is 389 g/mol. The van der Waals surface area contributed by atoms with Crippen LogP contribution in [0.5, 0.6) is 0 Å². The molecule has 8 nitrogen and oxygen atoms in total. The van der Waals surface area contributed by atoms with Gasteiger partial charge in [-0.05, 0) is 24.5 Å². The topological polar surface area (TPSA) is 108 Å². The van der Waals surface area contributed by atoms with Crippen LogP contribution in [0.25, 0.3) is 0 Å². The van der Waals surface area contributed by atoms with E-state index < -0.39 is 10.0 Å². The lowest BCUT2D eigenvalue weighted by molar-refractivity contribution is -0.112. The third-order valence-electron chi connectivity index (χ3n) is 5.19. The van der Waals surface area contributed by atoms with Gasteiger partial charge in [0, 0.05) is 24.5 Å². The van der Waals surface area contributed by atoms with Crippen LogP contribution in [0.15, 0.2) is 34.4 Å². The molecule has 1 saturated carbocycles. The lowest BCUT2D eigenvalue weighted by atomic mass is 9.86. The van der Waals surface area contributed by atoms with Crippen molar-refractivity contribution >= 4 is 27.6 Å². The Morgan fingerprint density at radius 3 is 2.89 bits per heavy atom. The fourth-order valence-corrected chi connectivity index (χ4v) is 4.73. The van der Waals surface area contributed by atoms with E-state index in [1.165, 1.54) is 32.1 Å². The van der Waals surface area contributed by atoms with Crippen molar-refractivity contribution in [1.82, 2.24) is 15.1 Å². The number of amides is 1. The van der Waals surface area contributed by atoms with E-state index >= 15 is 0 Å². The molecule has 0 spiro atoms. The number of H-pyrrole nitrogens is 1. The summed E-state index contributed by atoms with van der Waals surface area (Å²) in [4.78, 5) is 14.2. The minimum atomic E-state index is -3.40. The Bertz CT molecular complexity index is 923. The number of fused-ring (bicyclic) bond motifs is 1. The summed E-state index contributed by atoms with van der Waals surface area (Å²) in [5, 5.41) is 10.0. The molecule has 1 aromatic rings. The fraction of sp³-hybridized carbons (Fsp3) is 0.500. The lowest BCUT2D eigenvalue weighted by Crippen LogP contribution is -2.37. The third kappa shape index (κ3) is 4.29. The Morgan fingerprint density at radius 1 is 1.26 bits per heavy atom. The van der Waals surface area contributed by atoms with Gasteiger partial charge in [-0.15, -0.1) is 4.40 Å². The first-order valence-electron chi connectivity index (χ1n) is 9.33. The first-order chi connectivity index (χ1) is 13.0. The summed E-state index contributed by atoms with van der Waals surface area (Å²) >= 11 is 0. The number of amidine groups is 1. The molecule has 0 saturated heterocycles. The molecule has 1 amide bonds. The summed E-state index contributed by atoms with van der Waals surface area (Å²) in [7, 11) is -3.40. The zero-order valence-electron chi connectivity index (χ0n) is 15.0. The summed E-state index contributed by atoms with van der Waals surface area (Å²) in [5.74, 6) is 1.20. The molecule has 27 heavy (non-hydrogen) atoms. The van der Waals surface area contributed by atoms with E-state index in [1.807, 2.05) is 6.07 Å². The van der Waals surface area contributed by atoms with Gasteiger partial charge in [0.15, 0.2) is 5.82 Å². The molecule has 3 aliphatic rings. The van der Waals surface area contributed by atoms with Crippen molar-refractivity contribution < 1.29 is 13.2 Å². The van der Waals surface area contributed by atoms with Crippen molar-refractivity contribution in [3.05, 3.63) is 35.7 Å². The molecule has 9 heteroatoms. The maximum absolute atomic E-state index is 12.5. The van der Waals surface area contributed by atoms with Crippen LogP contribution in [0.4, 0.5) is 5.82 Å². The molecule has 1 aliphatic carbocycles. The van der Waals surface area contributed by atoms with Crippen molar-refractivity contribution in [2.45, 2.75) is 38.5 Å². The largest absolute Gasteiger partial charge is 0.330 e. The Labute approximate surface area is 158 Å². The normalized spacial score (nSPS) is 22.0. The number of carbonyl (C=O) groups excluding carboxylic acids is 1. The Morgan fingerprint density at radius 2 is 2.07 bits per heavy atom. The molecule has 0 aromatic carbocycles. The van der Waals surface area contributed by atoms with E-state index in [9.17, 15) is 13.2 Å². The summed E-state index contributed by atoms with van der Waals surface area (Å²) in [6.45, 7) is 0.288. The summed E-state index contributed by atoms with van der Waals surface area (Å²) in [6, 6.07) is 1.89. The summed E-state index contributed by atoms with van der Waals surface area (Å²) in [5.41, 5.74) is 1.48. The predicted octanol–water partition coefficient (Wildman–Crippen LogP) is 1.97. The quantitative estimate of drug-likeness (QED) is 0.819. The highest BCUT2D eigenvalue weighted by atomic mass is 32.2. The van der Waals surface area contributed by atoms with Crippen LogP contribution in [0.1, 0.15) is 37.8 Å². The molecule has 4 rings (SSSR count). The monoisotopic (exact) mass is 389 g/mol. The number of carbonyl (C=O) groups is 1. The van der Waals surface area contributed by atoms with Crippen LogP contribution in [0.3, 0.4) is 0 Å². The third-order valence-corrected chi connectivity index (χ3v) is 6.36. The number of rotatable bonds is 4. The second kappa shape index (κ2) is 7.30. The molecular formula is C18H23N5O3S. The van der Waals surface area contributed by atoms with E-state index in [4.69, 9.17) is 0 Å². The van der Waals surface area contributed by atoms with E-state index in [1.54, 1.807) is 23.3 Å². The van der Waals surface area contributed by atoms with Gasteiger partial charge in [0.1, 0.15) is 5.84 Å². The number of aromatic amines is 1. The lowest BCUT2D eigenvalue weighted by Gasteiger charge is -2.26. The van der Waals surface area contributed by atoms with Crippen LogP contribution >= 0.6 is 0 Å². The van der Waals surface area contributed by atoms with E-state index in [2.05, 4.69) is 19.9 Å². The van der Waals surface area contributed by atoms with Crippen LogP contribution in [0.2, 0.25) is 0 Å². The molecule has 0 unspecified atom stereocenters. The number of hydrogen-bond acceptors (Lipinski definition) is 5. The molecule has 144 valence electrons. The number of aromatic nitrogens is 2. The first kappa shape index (κ1) is 18.0. The van der Waals surface area contributed by atoms with Gasteiger partial charge in [-0.1, -0.05) is 32.1 Å². The second-order valence-electron chi connectivity index (χ2n) is 7.29. The molecule has 1 fully saturated rings.